The molecule has 1 heterocycles. The molecule has 3 rings (SSSR count). The van der Waals surface area contributed by atoms with Gasteiger partial charge in [-0.3, -0.25) is 14.4 Å². The van der Waals surface area contributed by atoms with Crippen molar-refractivity contribution in [2.75, 3.05) is 30.0 Å². The minimum Gasteiger partial charge on any atom is -0.462 e. The summed E-state index contributed by atoms with van der Waals surface area (Å²) in [7, 11) is 0. The molecule has 0 saturated carbocycles. The average Bonchev–Trinajstić information content (AvgIpc) is 3.16. The minimum absolute atomic E-state index is 0.0448. The van der Waals surface area contributed by atoms with Gasteiger partial charge in [-0.05, 0) is 62.2 Å². The van der Waals surface area contributed by atoms with Gasteiger partial charge in [0.25, 0.3) is 5.91 Å². The third-order valence-electron chi connectivity index (χ3n) is 5.14. The van der Waals surface area contributed by atoms with E-state index in [1.807, 2.05) is 32.0 Å². The number of aryl methyl sites for hydroxylation is 2. The van der Waals surface area contributed by atoms with Crippen molar-refractivity contribution in [3.8, 4) is 0 Å². The Kier molecular flexibility index (Phi) is 7.25. The molecule has 0 bridgehead atoms. The van der Waals surface area contributed by atoms with Gasteiger partial charge in [-0.2, -0.15) is 0 Å². The quantitative estimate of drug-likeness (QED) is 0.667. The maximum Gasteiger partial charge on any atom is 0.338 e. The van der Waals surface area contributed by atoms with Crippen molar-refractivity contribution >= 4 is 35.1 Å². The molecule has 2 aromatic carbocycles. The van der Waals surface area contributed by atoms with Crippen LogP contribution in [0.3, 0.4) is 0 Å². The summed E-state index contributed by atoms with van der Waals surface area (Å²) in [6.45, 7) is 5.61. The molecule has 0 spiro atoms. The van der Waals surface area contributed by atoms with Crippen molar-refractivity contribution in [3.05, 3.63) is 59.2 Å². The van der Waals surface area contributed by atoms with Crippen LogP contribution in [-0.2, 0) is 23.9 Å². The Morgan fingerprint density at radius 2 is 1.78 bits per heavy atom. The van der Waals surface area contributed by atoms with E-state index in [1.165, 1.54) is 12.1 Å². The second-order valence-corrected chi connectivity index (χ2v) is 7.65. The monoisotopic (exact) mass is 438 g/mol. The summed E-state index contributed by atoms with van der Waals surface area (Å²) in [4.78, 5) is 50.3. The second kappa shape index (κ2) is 10.1. The molecular weight excluding hydrogens is 412 g/mol. The predicted molar refractivity (Wildman–Crippen MR) is 118 cm³/mol. The van der Waals surface area contributed by atoms with Crippen LogP contribution in [0.4, 0.5) is 11.4 Å². The number of carbonyl (C=O) groups is 4. The molecule has 1 unspecified atom stereocenters. The fourth-order valence-corrected chi connectivity index (χ4v) is 3.46. The van der Waals surface area contributed by atoms with Gasteiger partial charge in [0.1, 0.15) is 0 Å². The van der Waals surface area contributed by atoms with Gasteiger partial charge in [-0.15, -0.1) is 0 Å². The zero-order valence-corrected chi connectivity index (χ0v) is 18.3. The topological polar surface area (TPSA) is 102 Å². The third kappa shape index (κ3) is 5.51. The van der Waals surface area contributed by atoms with Crippen LogP contribution in [0.2, 0.25) is 0 Å². The lowest BCUT2D eigenvalue weighted by molar-refractivity contribution is -0.151. The number of esters is 2. The molecule has 1 saturated heterocycles. The summed E-state index contributed by atoms with van der Waals surface area (Å²) in [5.74, 6) is -2.32. The van der Waals surface area contributed by atoms with Crippen molar-refractivity contribution in [1.82, 2.24) is 0 Å². The van der Waals surface area contributed by atoms with Crippen molar-refractivity contribution < 1.29 is 28.7 Å². The normalized spacial score (nSPS) is 15.4. The molecule has 0 radical (unpaired) electrons. The number of ether oxygens (including phenoxy) is 2. The Balaban J connectivity index is 1.51. The molecule has 1 fully saturated rings. The molecule has 8 nitrogen and oxygen atoms in total. The van der Waals surface area contributed by atoms with Crippen LogP contribution in [0.25, 0.3) is 0 Å². The lowest BCUT2D eigenvalue weighted by atomic mass is 10.1. The summed E-state index contributed by atoms with van der Waals surface area (Å²) in [6, 6.07) is 12.0. The largest absolute Gasteiger partial charge is 0.462 e. The first kappa shape index (κ1) is 23.0. The van der Waals surface area contributed by atoms with E-state index in [1.54, 1.807) is 24.0 Å². The lowest BCUT2D eigenvalue weighted by Crippen LogP contribution is -2.28. The molecule has 1 atom stereocenters. The number of anilines is 2. The van der Waals surface area contributed by atoms with E-state index in [0.29, 0.717) is 11.3 Å². The highest BCUT2D eigenvalue weighted by molar-refractivity contribution is 6.00. The van der Waals surface area contributed by atoms with Gasteiger partial charge in [0.2, 0.25) is 5.91 Å². The Bertz CT molecular complexity index is 1030. The molecule has 8 heteroatoms. The van der Waals surface area contributed by atoms with Gasteiger partial charge in [0.05, 0.1) is 18.1 Å². The first-order chi connectivity index (χ1) is 15.3. The van der Waals surface area contributed by atoms with E-state index in [4.69, 9.17) is 9.47 Å². The van der Waals surface area contributed by atoms with Gasteiger partial charge in [0.15, 0.2) is 6.61 Å². The Labute approximate surface area is 186 Å². The predicted octanol–water partition coefficient (Wildman–Crippen LogP) is 3.01. The molecule has 0 aliphatic carbocycles. The highest BCUT2D eigenvalue weighted by Crippen LogP contribution is 2.29. The first-order valence-corrected chi connectivity index (χ1v) is 10.4. The number of nitrogens with one attached hydrogen (secondary N) is 1. The fourth-order valence-electron chi connectivity index (χ4n) is 3.46. The summed E-state index contributed by atoms with van der Waals surface area (Å²) in [6.07, 6.45) is 0.0448. The van der Waals surface area contributed by atoms with E-state index in [9.17, 15) is 19.2 Å². The smallest absolute Gasteiger partial charge is 0.338 e. The number of hydrogen-bond donors (Lipinski definition) is 1. The van der Waals surface area contributed by atoms with Crippen LogP contribution < -0.4 is 10.2 Å². The van der Waals surface area contributed by atoms with E-state index in [-0.39, 0.29) is 25.5 Å². The molecule has 168 valence electrons. The van der Waals surface area contributed by atoms with Gasteiger partial charge in [-0.25, -0.2) is 4.79 Å². The van der Waals surface area contributed by atoms with Gasteiger partial charge in [0, 0.05) is 24.3 Å². The van der Waals surface area contributed by atoms with E-state index < -0.39 is 30.4 Å². The molecule has 1 aliphatic rings. The van der Waals surface area contributed by atoms with Crippen LogP contribution in [0.15, 0.2) is 42.5 Å². The number of benzene rings is 2. The van der Waals surface area contributed by atoms with Crippen molar-refractivity contribution in [2.24, 2.45) is 5.92 Å². The van der Waals surface area contributed by atoms with Crippen molar-refractivity contribution in [1.29, 1.82) is 0 Å². The van der Waals surface area contributed by atoms with Crippen LogP contribution >= 0.6 is 0 Å². The zero-order chi connectivity index (χ0) is 23.3. The maximum atomic E-state index is 12.5. The summed E-state index contributed by atoms with van der Waals surface area (Å²) < 4.78 is 10.0. The van der Waals surface area contributed by atoms with E-state index in [2.05, 4.69) is 5.32 Å². The Morgan fingerprint density at radius 1 is 1.06 bits per heavy atom. The van der Waals surface area contributed by atoms with E-state index >= 15 is 0 Å². The summed E-state index contributed by atoms with van der Waals surface area (Å²) in [5, 5.41) is 2.60. The molecule has 1 N–H and O–H groups in total. The van der Waals surface area contributed by atoms with Gasteiger partial charge < -0.3 is 19.7 Å². The van der Waals surface area contributed by atoms with Gasteiger partial charge >= 0.3 is 11.9 Å². The zero-order valence-electron chi connectivity index (χ0n) is 18.3. The van der Waals surface area contributed by atoms with Crippen LogP contribution in [-0.4, -0.2) is 43.5 Å². The van der Waals surface area contributed by atoms with E-state index in [0.717, 1.165) is 16.8 Å². The summed E-state index contributed by atoms with van der Waals surface area (Å²) in [5.41, 5.74) is 3.59. The molecule has 2 amide bonds. The lowest BCUT2D eigenvalue weighted by Gasteiger charge is -2.19. The molecule has 0 aromatic heterocycles. The standard InChI is InChI=1S/C24H26N2O6/c1-4-31-23(29)17-7-9-19(10-8-17)25-21(27)14-32-24(30)18-12-22(28)26(13-18)20-11-15(2)5-6-16(20)3/h5-11,18H,4,12-14H2,1-3H3,(H,25,27). The number of rotatable bonds is 7. The van der Waals surface area contributed by atoms with Gasteiger partial charge in [-0.1, -0.05) is 12.1 Å². The maximum absolute atomic E-state index is 12.5. The molecule has 1 aliphatic heterocycles. The molecule has 32 heavy (non-hydrogen) atoms. The fraction of sp³-hybridized carbons (Fsp3) is 0.333. The average molecular weight is 438 g/mol. The minimum atomic E-state index is -0.626. The highest BCUT2D eigenvalue weighted by Gasteiger charge is 2.36. The Hall–Kier alpha value is -3.68. The van der Waals surface area contributed by atoms with Crippen LogP contribution in [0.1, 0.15) is 34.8 Å². The Morgan fingerprint density at radius 3 is 2.47 bits per heavy atom. The SMILES string of the molecule is CCOC(=O)c1ccc(NC(=O)COC(=O)C2CC(=O)N(c3cc(C)ccc3C)C2)cc1. The molecular formula is C24H26N2O6. The number of hydrogen-bond acceptors (Lipinski definition) is 6. The third-order valence-corrected chi connectivity index (χ3v) is 5.14. The molecule has 2 aromatic rings. The second-order valence-electron chi connectivity index (χ2n) is 7.65. The number of nitrogens with zero attached hydrogens (tertiary/aromatic N) is 1. The van der Waals surface area contributed by atoms with Crippen LogP contribution in [0.5, 0.6) is 0 Å². The highest BCUT2D eigenvalue weighted by atomic mass is 16.5. The van der Waals surface area contributed by atoms with Crippen molar-refractivity contribution in [3.63, 3.8) is 0 Å². The van der Waals surface area contributed by atoms with Crippen molar-refractivity contribution in [2.45, 2.75) is 27.2 Å². The first-order valence-electron chi connectivity index (χ1n) is 10.4. The van der Waals surface area contributed by atoms with Crippen LogP contribution in [0, 0.1) is 19.8 Å². The number of amides is 2. The summed E-state index contributed by atoms with van der Waals surface area (Å²) >= 11 is 0. The number of carbonyl (C=O) groups excluding carboxylic acids is 4.